The number of nitrogens with two attached hydrogens (primary N) is 1. The lowest BCUT2D eigenvalue weighted by atomic mass is 10.3. The van der Waals surface area contributed by atoms with Gasteiger partial charge in [-0.25, -0.2) is 13.6 Å². The molecule has 3 N–H and O–H groups in total. The van der Waals surface area contributed by atoms with E-state index in [0.29, 0.717) is 5.69 Å². The van der Waals surface area contributed by atoms with Crippen molar-refractivity contribution in [2.24, 2.45) is 5.14 Å². The number of anilines is 1. The molecule has 0 amide bonds. The first kappa shape index (κ1) is 9.02. The maximum atomic E-state index is 11.0. The Morgan fingerprint density at radius 3 is 2.33 bits per heavy atom. The average Bonchev–Trinajstić information content (AvgIpc) is 2.03. The summed E-state index contributed by atoms with van der Waals surface area (Å²) in [4.78, 5) is 0.118. The summed E-state index contributed by atoms with van der Waals surface area (Å²) in [5, 5.41) is 7.71. The summed E-state index contributed by atoms with van der Waals surface area (Å²) in [5.74, 6) is 0. The number of hydrogen-bond donors (Lipinski definition) is 2. The molecule has 1 rings (SSSR count). The van der Waals surface area contributed by atoms with E-state index in [1.54, 1.807) is 25.2 Å². The lowest BCUT2D eigenvalue weighted by Crippen LogP contribution is -2.13. The van der Waals surface area contributed by atoms with E-state index < -0.39 is 10.0 Å². The number of primary sulfonamides is 1. The number of rotatable bonds is 2. The predicted molar refractivity (Wildman–Crippen MR) is 47.4 cm³/mol. The fourth-order valence-corrected chi connectivity index (χ4v) is 1.67. The summed E-state index contributed by atoms with van der Waals surface area (Å²) in [6.45, 7) is 0. The van der Waals surface area contributed by atoms with E-state index in [-0.39, 0.29) is 4.90 Å². The van der Waals surface area contributed by atoms with Gasteiger partial charge in [0.15, 0.2) is 0 Å². The van der Waals surface area contributed by atoms with E-state index in [1.165, 1.54) is 6.07 Å². The van der Waals surface area contributed by atoms with Crippen LogP contribution in [0.2, 0.25) is 0 Å². The van der Waals surface area contributed by atoms with Crippen molar-refractivity contribution in [2.75, 3.05) is 12.4 Å². The molecule has 0 aromatic heterocycles. The fraction of sp³-hybridized carbons (Fsp3) is 0.143. The second-order valence-corrected chi connectivity index (χ2v) is 3.82. The van der Waals surface area contributed by atoms with Gasteiger partial charge < -0.3 is 5.32 Å². The zero-order valence-electron chi connectivity index (χ0n) is 6.61. The molecule has 0 heterocycles. The molecule has 12 heavy (non-hydrogen) atoms. The van der Waals surface area contributed by atoms with Gasteiger partial charge in [-0.15, -0.1) is 0 Å². The molecule has 0 aliphatic heterocycles. The van der Waals surface area contributed by atoms with Crippen molar-refractivity contribution in [3.63, 3.8) is 0 Å². The zero-order chi connectivity index (χ0) is 9.19. The summed E-state index contributed by atoms with van der Waals surface area (Å²) in [6.07, 6.45) is 0. The average molecular weight is 186 g/mol. The SMILES string of the molecule is CNc1ccccc1S(N)(=O)=O. The largest absolute Gasteiger partial charge is 0.387 e. The van der Waals surface area contributed by atoms with Crippen LogP contribution in [-0.2, 0) is 10.0 Å². The summed E-state index contributed by atoms with van der Waals surface area (Å²) in [5.41, 5.74) is 0.514. The molecule has 0 aliphatic rings. The standard InChI is InChI=1S/C7H10N2O2S/c1-9-6-4-2-3-5-7(6)12(8,10)11/h2-5,9H,1H3,(H2,8,10,11). The molecule has 0 saturated carbocycles. The highest BCUT2D eigenvalue weighted by Crippen LogP contribution is 2.17. The zero-order valence-corrected chi connectivity index (χ0v) is 7.43. The highest BCUT2D eigenvalue weighted by Gasteiger charge is 2.10. The van der Waals surface area contributed by atoms with Gasteiger partial charge in [0.25, 0.3) is 0 Å². The van der Waals surface area contributed by atoms with E-state index in [1.807, 2.05) is 0 Å². The van der Waals surface area contributed by atoms with Crippen molar-refractivity contribution in [3.8, 4) is 0 Å². The van der Waals surface area contributed by atoms with Gasteiger partial charge in [-0.2, -0.15) is 0 Å². The van der Waals surface area contributed by atoms with E-state index >= 15 is 0 Å². The first-order valence-corrected chi connectivity index (χ1v) is 4.90. The summed E-state index contributed by atoms with van der Waals surface area (Å²) in [6, 6.07) is 6.47. The summed E-state index contributed by atoms with van der Waals surface area (Å²) in [7, 11) is -1.97. The Labute approximate surface area is 71.4 Å². The normalized spacial score (nSPS) is 11.2. The number of hydrogen-bond acceptors (Lipinski definition) is 3. The van der Waals surface area contributed by atoms with E-state index in [2.05, 4.69) is 5.32 Å². The third-order valence-electron chi connectivity index (χ3n) is 1.46. The van der Waals surface area contributed by atoms with Crippen molar-refractivity contribution < 1.29 is 8.42 Å². The molecule has 0 atom stereocenters. The van der Waals surface area contributed by atoms with Crippen molar-refractivity contribution in [1.82, 2.24) is 0 Å². The number of para-hydroxylation sites is 1. The second kappa shape index (κ2) is 3.12. The Kier molecular flexibility index (Phi) is 2.35. The smallest absolute Gasteiger partial charge is 0.240 e. The molecular weight excluding hydrogens is 176 g/mol. The third kappa shape index (κ3) is 1.75. The van der Waals surface area contributed by atoms with E-state index in [0.717, 1.165) is 0 Å². The van der Waals surface area contributed by atoms with Crippen molar-refractivity contribution in [3.05, 3.63) is 24.3 Å². The Morgan fingerprint density at radius 1 is 1.33 bits per heavy atom. The number of benzene rings is 1. The van der Waals surface area contributed by atoms with Gasteiger partial charge in [0.1, 0.15) is 4.90 Å². The maximum absolute atomic E-state index is 11.0. The highest BCUT2D eigenvalue weighted by atomic mass is 32.2. The summed E-state index contributed by atoms with van der Waals surface area (Å²) >= 11 is 0. The van der Waals surface area contributed by atoms with Gasteiger partial charge in [0, 0.05) is 7.05 Å². The molecule has 0 fully saturated rings. The predicted octanol–water partition coefficient (Wildman–Crippen LogP) is 0.376. The van der Waals surface area contributed by atoms with Crippen LogP contribution in [0.5, 0.6) is 0 Å². The fourth-order valence-electron chi connectivity index (χ4n) is 0.921. The van der Waals surface area contributed by atoms with Crippen LogP contribution in [0.4, 0.5) is 5.69 Å². The minimum atomic E-state index is -3.61. The number of sulfonamides is 1. The van der Waals surface area contributed by atoms with Gasteiger partial charge in [0.2, 0.25) is 10.0 Å². The monoisotopic (exact) mass is 186 g/mol. The van der Waals surface area contributed by atoms with Crippen LogP contribution < -0.4 is 10.5 Å². The Hall–Kier alpha value is -1.07. The lowest BCUT2D eigenvalue weighted by molar-refractivity contribution is 0.598. The lowest BCUT2D eigenvalue weighted by Gasteiger charge is -2.05. The minimum Gasteiger partial charge on any atom is -0.387 e. The Morgan fingerprint density at radius 2 is 1.92 bits per heavy atom. The molecule has 0 spiro atoms. The topological polar surface area (TPSA) is 72.2 Å². The molecule has 0 unspecified atom stereocenters. The maximum Gasteiger partial charge on any atom is 0.240 e. The van der Waals surface area contributed by atoms with Crippen LogP contribution in [-0.4, -0.2) is 15.5 Å². The van der Waals surface area contributed by atoms with Crippen LogP contribution in [0.3, 0.4) is 0 Å². The van der Waals surface area contributed by atoms with Crippen molar-refractivity contribution >= 4 is 15.7 Å². The van der Waals surface area contributed by atoms with Crippen LogP contribution in [0.25, 0.3) is 0 Å². The molecule has 5 heteroatoms. The molecular formula is C7H10N2O2S. The Balaban J connectivity index is 3.33. The minimum absolute atomic E-state index is 0.118. The molecule has 0 saturated heterocycles. The van der Waals surface area contributed by atoms with Crippen LogP contribution in [0, 0.1) is 0 Å². The van der Waals surface area contributed by atoms with Gasteiger partial charge in [-0.05, 0) is 12.1 Å². The molecule has 0 bridgehead atoms. The molecule has 1 aromatic carbocycles. The van der Waals surface area contributed by atoms with Gasteiger partial charge in [0.05, 0.1) is 5.69 Å². The van der Waals surface area contributed by atoms with Crippen molar-refractivity contribution in [2.45, 2.75) is 4.90 Å². The van der Waals surface area contributed by atoms with Crippen molar-refractivity contribution in [1.29, 1.82) is 0 Å². The quantitative estimate of drug-likeness (QED) is 0.701. The first-order valence-electron chi connectivity index (χ1n) is 3.35. The second-order valence-electron chi connectivity index (χ2n) is 2.29. The van der Waals surface area contributed by atoms with Gasteiger partial charge in [-0.1, -0.05) is 12.1 Å². The van der Waals surface area contributed by atoms with Gasteiger partial charge in [-0.3, -0.25) is 0 Å². The Bertz CT molecular complexity index is 373. The third-order valence-corrected chi connectivity index (χ3v) is 2.43. The molecule has 4 nitrogen and oxygen atoms in total. The summed E-state index contributed by atoms with van der Waals surface area (Å²) < 4.78 is 21.9. The molecule has 0 radical (unpaired) electrons. The van der Waals surface area contributed by atoms with Crippen LogP contribution >= 0.6 is 0 Å². The molecule has 66 valence electrons. The molecule has 1 aromatic rings. The van der Waals surface area contributed by atoms with E-state index in [4.69, 9.17) is 5.14 Å². The molecule has 0 aliphatic carbocycles. The number of nitrogens with one attached hydrogen (secondary N) is 1. The first-order chi connectivity index (χ1) is 5.55. The van der Waals surface area contributed by atoms with E-state index in [9.17, 15) is 8.42 Å². The van der Waals surface area contributed by atoms with Crippen LogP contribution in [0.15, 0.2) is 29.2 Å². The highest BCUT2D eigenvalue weighted by molar-refractivity contribution is 7.89. The van der Waals surface area contributed by atoms with Gasteiger partial charge >= 0.3 is 0 Å². The van der Waals surface area contributed by atoms with Crippen LogP contribution in [0.1, 0.15) is 0 Å².